The van der Waals surface area contributed by atoms with Crippen LogP contribution in [0.4, 0.5) is 24.1 Å². The number of nitrogens with one attached hydrogen (secondary N) is 2. The molecule has 14 nitrogen and oxygen atoms in total. The smallest absolute Gasteiger partial charge is 0.410 e. The summed E-state index contributed by atoms with van der Waals surface area (Å²) in [6, 6.07) is 16.6. The fourth-order valence-electron chi connectivity index (χ4n) is 7.46. The number of anilines is 1. The minimum absolute atomic E-state index is 0.0310. The first-order chi connectivity index (χ1) is 29.0. The SMILES string of the molecule is CC(C)(C)OC(=O)N1CCCC2(C1)N=C(c1ccc(Cl)cc1)C(=O)N2.CC(C)(C)OC(=O)N1CCCC2(C1)N=C(c1ccc(Cl)cc1)C(=O)N2CC(=O)Nc1ccc(F)c(F)c1. The number of benzene rings is 3. The molecule has 4 aliphatic rings. The van der Waals surface area contributed by atoms with Gasteiger partial charge in [0, 0.05) is 46.0 Å². The zero-order valence-corrected chi connectivity index (χ0v) is 36.8. The average Bonchev–Trinajstić information content (AvgIpc) is 3.63. The molecule has 0 aromatic heterocycles. The van der Waals surface area contributed by atoms with Crippen LogP contribution < -0.4 is 10.6 Å². The molecule has 7 rings (SSSR count). The molecule has 2 unspecified atom stereocenters. The van der Waals surface area contributed by atoms with Gasteiger partial charge in [0.15, 0.2) is 23.0 Å². The highest BCUT2D eigenvalue weighted by Gasteiger charge is 2.51. The fourth-order valence-corrected chi connectivity index (χ4v) is 7.71. The number of hydrogen-bond donors (Lipinski definition) is 2. The van der Waals surface area contributed by atoms with E-state index in [-0.39, 0.29) is 29.9 Å². The quantitative estimate of drug-likeness (QED) is 0.267. The van der Waals surface area contributed by atoms with Crippen LogP contribution in [0.2, 0.25) is 10.0 Å². The van der Waals surface area contributed by atoms with Gasteiger partial charge in [0.05, 0.1) is 13.1 Å². The van der Waals surface area contributed by atoms with Crippen LogP contribution >= 0.6 is 23.2 Å². The lowest BCUT2D eigenvalue weighted by Gasteiger charge is -2.43. The molecule has 330 valence electrons. The van der Waals surface area contributed by atoms with Crippen LogP contribution in [0.5, 0.6) is 0 Å². The van der Waals surface area contributed by atoms with Gasteiger partial charge in [0.25, 0.3) is 11.8 Å². The molecule has 18 heteroatoms. The van der Waals surface area contributed by atoms with Crippen LogP contribution in [-0.2, 0) is 23.9 Å². The van der Waals surface area contributed by atoms with Crippen molar-refractivity contribution in [3.63, 3.8) is 0 Å². The van der Waals surface area contributed by atoms with Gasteiger partial charge in [0.1, 0.15) is 29.2 Å². The molecule has 0 saturated carbocycles. The summed E-state index contributed by atoms with van der Waals surface area (Å²) in [4.78, 5) is 78.0. The van der Waals surface area contributed by atoms with E-state index in [9.17, 15) is 32.8 Å². The second-order valence-electron chi connectivity index (χ2n) is 17.5. The van der Waals surface area contributed by atoms with Gasteiger partial charge >= 0.3 is 12.2 Å². The van der Waals surface area contributed by atoms with E-state index in [1.807, 2.05) is 20.8 Å². The van der Waals surface area contributed by atoms with E-state index in [0.717, 1.165) is 18.6 Å². The highest BCUT2D eigenvalue weighted by atomic mass is 35.5. The number of ether oxygens (including phenoxy) is 2. The molecule has 5 amide bonds. The summed E-state index contributed by atoms with van der Waals surface area (Å²) >= 11 is 11.9. The van der Waals surface area contributed by atoms with Crippen molar-refractivity contribution in [3.05, 3.63) is 99.5 Å². The Hall–Kier alpha value is -5.61. The first-order valence-electron chi connectivity index (χ1n) is 20.1. The summed E-state index contributed by atoms with van der Waals surface area (Å²) in [6.07, 6.45) is 1.45. The zero-order valence-electron chi connectivity index (χ0n) is 35.3. The maximum absolute atomic E-state index is 13.6. The molecule has 4 aliphatic heterocycles. The number of halogens is 4. The van der Waals surface area contributed by atoms with Crippen LogP contribution in [0, 0.1) is 11.6 Å². The molecule has 3 aromatic carbocycles. The summed E-state index contributed by atoms with van der Waals surface area (Å²) in [5, 5.41) is 6.54. The van der Waals surface area contributed by atoms with Gasteiger partial charge in [-0.15, -0.1) is 0 Å². The number of carbonyl (C=O) groups excluding carboxylic acids is 5. The van der Waals surface area contributed by atoms with Gasteiger partial charge in [0.2, 0.25) is 5.91 Å². The standard InChI is InChI=1S/C26H27ClF2N4O4.C18H22ClN3O3/c1-25(2,3)37-24(36)32-12-4-11-26(15-32)31-22(16-5-7-17(27)8-6-16)23(35)33(26)14-21(34)30-18-9-10-19(28)20(29)13-18;1-17(2,3)25-16(24)22-10-4-9-18(11-22)20-14(15(23)21-18)12-5-7-13(19)8-6-12/h5-10,13H,4,11-12,14-15H2,1-3H3,(H,30,34);5-8H,4,9-11H2,1-3H3,(H,21,23). The van der Waals surface area contributed by atoms with Crippen LogP contribution in [0.1, 0.15) is 78.4 Å². The first kappa shape index (κ1) is 45.9. The maximum Gasteiger partial charge on any atom is 0.410 e. The number of aliphatic imine (C=N–C) groups is 2. The van der Waals surface area contributed by atoms with Gasteiger partial charge in [-0.2, -0.15) is 0 Å². The van der Waals surface area contributed by atoms with Gasteiger partial charge < -0.3 is 34.8 Å². The van der Waals surface area contributed by atoms with Crippen molar-refractivity contribution in [1.82, 2.24) is 20.0 Å². The van der Waals surface area contributed by atoms with E-state index < -0.39 is 58.6 Å². The largest absolute Gasteiger partial charge is 0.444 e. The number of nitrogens with zero attached hydrogens (tertiary/aromatic N) is 5. The summed E-state index contributed by atoms with van der Waals surface area (Å²) in [6.45, 7) is 11.7. The Morgan fingerprint density at radius 1 is 0.742 bits per heavy atom. The first-order valence-corrected chi connectivity index (χ1v) is 20.9. The monoisotopic (exact) mass is 895 g/mol. The third-order valence-electron chi connectivity index (χ3n) is 10.1. The van der Waals surface area contributed by atoms with Crippen LogP contribution in [-0.4, -0.2) is 111 Å². The predicted octanol–water partition coefficient (Wildman–Crippen LogP) is 7.60. The van der Waals surface area contributed by atoms with Gasteiger partial charge in [-0.3, -0.25) is 14.4 Å². The van der Waals surface area contributed by atoms with Crippen LogP contribution in [0.25, 0.3) is 0 Å². The van der Waals surface area contributed by atoms with Crippen LogP contribution in [0.3, 0.4) is 0 Å². The zero-order chi connectivity index (χ0) is 45.2. The molecular weight excluding hydrogens is 847 g/mol. The number of piperidine rings is 2. The van der Waals surface area contributed by atoms with E-state index in [0.29, 0.717) is 65.8 Å². The number of carbonyl (C=O) groups is 5. The third kappa shape index (κ3) is 11.1. The van der Waals surface area contributed by atoms with Crippen LogP contribution in [0.15, 0.2) is 76.7 Å². The lowest BCUT2D eigenvalue weighted by molar-refractivity contribution is -0.134. The van der Waals surface area contributed by atoms with Crippen molar-refractivity contribution in [2.45, 2.75) is 89.8 Å². The molecule has 2 N–H and O–H groups in total. The molecule has 2 spiro atoms. The molecule has 0 aliphatic carbocycles. The molecule has 2 fully saturated rings. The summed E-state index contributed by atoms with van der Waals surface area (Å²) in [5.74, 6) is -3.50. The van der Waals surface area contributed by atoms with E-state index in [4.69, 9.17) is 37.7 Å². The second kappa shape index (κ2) is 18.0. The Balaban J connectivity index is 0.000000223. The van der Waals surface area contributed by atoms with Gasteiger partial charge in [-0.25, -0.2) is 28.4 Å². The summed E-state index contributed by atoms with van der Waals surface area (Å²) in [5.41, 5.74) is -1.45. The Labute approximate surface area is 368 Å². The maximum atomic E-state index is 13.6. The molecule has 2 saturated heterocycles. The van der Waals surface area contributed by atoms with Crippen molar-refractivity contribution in [3.8, 4) is 0 Å². The topological polar surface area (TPSA) is 162 Å². The minimum Gasteiger partial charge on any atom is -0.444 e. The third-order valence-corrected chi connectivity index (χ3v) is 10.6. The average molecular weight is 897 g/mol. The van der Waals surface area contributed by atoms with Crippen molar-refractivity contribution < 1.29 is 42.2 Å². The van der Waals surface area contributed by atoms with Crippen molar-refractivity contribution in [2.24, 2.45) is 9.98 Å². The van der Waals surface area contributed by atoms with Crippen molar-refractivity contribution >= 4 is 70.2 Å². The van der Waals surface area contributed by atoms with E-state index in [2.05, 4.69) is 15.6 Å². The minimum atomic E-state index is -1.20. The van der Waals surface area contributed by atoms with Crippen molar-refractivity contribution in [1.29, 1.82) is 0 Å². The number of likely N-dealkylation sites (tertiary alicyclic amines) is 2. The molecule has 4 heterocycles. The molecule has 0 radical (unpaired) electrons. The molecule has 62 heavy (non-hydrogen) atoms. The second-order valence-corrected chi connectivity index (χ2v) is 18.4. The summed E-state index contributed by atoms with van der Waals surface area (Å²) < 4.78 is 37.9. The lowest BCUT2D eigenvalue weighted by Crippen LogP contribution is -2.59. The number of rotatable bonds is 5. The summed E-state index contributed by atoms with van der Waals surface area (Å²) in [7, 11) is 0. The Morgan fingerprint density at radius 2 is 1.27 bits per heavy atom. The lowest BCUT2D eigenvalue weighted by atomic mass is 9.97. The molecule has 0 bridgehead atoms. The highest BCUT2D eigenvalue weighted by molar-refractivity contribution is 6.47. The predicted molar refractivity (Wildman–Crippen MR) is 230 cm³/mol. The Kier molecular flexibility index (Phi) is 13.3. The van der Waals surface area contributed by atoms with E-state index in [1.54, 1.807) is 74.2 Å². The Bertz CT molecular complexity index is 2300. The molecular formula is C44H49Cl2F2N7O7. The van der Waals surface area contributed by atoms with Gasteiger partial charge in [-0.05, 0) is 104 Å². The highest BCUT2D eigenvalue weighted by Crippen LogP contribution is 2.36. The molecule has 2 atom stereocenters. The van der Waals surface area contributed by atoms with E-state index in [1.165, 1.54) is 15.9 Å². The number of amides is 5. The normalized spacial score (nSPS) is 21.2. The Morgan fingerprint density at radius 3 is 1.82 bits per heavy atom. The molecule has 3 aromatic rings. The fraction of sp³-hybridized carbons (Fsp3) is 0.432. The van der Waals surface area contributed by atoms with Gasteiger partial charge in [-0.1, -0.05) is 47.5 Å². The van der Waals surface area contributed by atoms with Crippen molar-refractivity contribution in [2.75, 3.05) is 38.0 Å². The number of hydrogen-bond acceptors (Lipinski definition) is 9. The van der Waals surface area contributed by atoms with E-state index >= 15 is 0 Å².